The first-order valence-electron chi connectivity index (χ1n) is 7.92. The molecule has 1 N–H and O–H groups in total. The molecule has 0 bridgehead atoms. The van der Waals surface area contributed by atoms with Crippen LogP contribution >= 0.6 is 11.3 Å². The monoisotopic (exact) mass is 343 g/mol. The summed E-state index contributed by atoms with van der Waals surface area (Å²) in [5, 5.41) is 21.1. The zero-order chi connectivity index (χ0) is 17.7. The number of hydrogen-bond acceptors (Lipinski definition) is 5. The molecule has 2 heterocycles. The van der Waals surface area contributed by atoms with E-state index in [0.29, 0.717) is 5.13 Å². The number of nitriles is 1. The van der Waals surface area contributed by atoms with E-state index in [4.69, 9.17) is 0 Å². The molecule has 7 heteroatoms. The molecule has 0 aliphatic heterocycles. The summed E-state index contributed by atoms with van der Waals surface area (Å²) < 4.78 is 2.19. The minimum Gasteiger partial charge on any atom is -0.349 e. The Balaban J connectivity index is 2.24. The van der Waals surface area contributed by atoms with Crippen molar-refractivity contribution in [2.24, 2.45) is 0 Å². The van der Waals surface area contributed by atoms with Gasteiger partial charge in [0.2, 0.25) is 5.13 Å². The van der Waals surface area contributed by atoms with Crippen LogP contribution in [0.1, 0.15) is 42.2 Å². The molecule has 2 rings (SSSR count). The Morgan fingerprint density at radius 1 is 1.42 bits per heavy atom. The Labute approximate surface area is 145 Å². The van der Waals surface area contributed by atoms with Crippen LogP contribution in [0.15, 0.2) is 11.6 Å². The molecule has 6 nitrogen and oxygen atoms in total. The number of carbonyl (C=O) groups is 1. The highest BCUT2D eigenvalue weighted by atomic mass is 32.1. The van der Waals surface area contributed by atoms with E-state index >= 15 is 0 Å². The van der Waals surface area contributed by atoms with E-state index in [1.54, 1.807) is 6.08 Å². The summed E-state index contributed by atoms with van der Waals surface area (Å²) >= 11 is 1.32. The number of aryl methyl sites for hydroxylation is 2. The van der Waals surface area contributed by atoms with Crippen LogP contribution in [0.4, 0.5) is 5.13 Å². The van der Waals surface area contributed by atoms with Gasteiger partial charge in [0.25, 0.3) is 5.91 Å². The summed E-state index contributed by atoms with van der Waals surface area (Å²) in [4.78, 5) is 12.3. The smallest absolute Gasteiger partial charge is 0.268 e. The molecule has 2 aromatic rings. The predicted molar refractivity (Wildman–Crippen MR) is 95.7 cm³/mol. The van der Waals surface area contributed by atoms with Gasteiger partial charge in [-0.2, -0.15) is 5.26 Å². The quantitative estimate of drug-likeness (QED) is 0.643. The number of aromatic nitrogens is 3. The fourth-order valence-corrected chi connectivity index (χ4v) is 3.13. The van der Waals surface area contributed by atoms with Crippen molar-refractivity contribution in [1.82, 2.24) is 14.8 Å². The van der Waals surface area contributed by atoms with Gasteiger partial charge in [0.15, 0.2) is 0 Å². The average molecular weight is 343 g/mol. The molecule has 1 amide bonds. The van der Waals surface area contributed by atoms with Crippen molar-refractivity contribution in [3.05, 3.63) is 33.6 Å². The van der Waals surface area contributed by atoms with Crippen LogP contribution in [-0.4, -0.2) is 20.7 Å². The second-order valence-corrected chi connectivity index (χ2v) is 6.52. The van der Waals surface area contributed by atoms with Crippen LogP contribution in [-0.2, 0) is 17.8 Å². The lowest BCUT2D eigenvalue weighted by atomic mass is 10.1. The minimum atomic E-state index is -0.461. The number of carbonyl (C=O) groups excluding carboxylic acids is 1. The maximum atomic E-state index is 12.3. The molecule has 0 aromatic carbocycles. The molecule has 0 unspecified atom stereocenters. The van der Waals surface area contributed by atoms with E-state index in [2.05, 4.69) is 27.0 Å². The fraction of sp³-hybridized carbons (Fsp3) is 0.412. The average Bonchev–Trinajstić information content (AvgIpc) is 3.12. The van der Waals surface area contributed by atoms with Crippen LogP contribution in [0.5, 0.6) is 0 Å². The van der Waals surface area contributed by atoms with Crippen molar-refractivity contribution >= 4 is 28.5 Å². The Morgan fingerprint density at radius 3 is 2.75 bits per heavy atom. The summed E-state index contributed by atoms with van der Waals surface area (Å²) in [6, 6.07) is 3.97. The van der Waals surface area contributed by atoms with Crippen molar-refractivity contribution in [3.63, 3.8) is 0 Å². The number of nitrogens with one attached hydrogen (secondary N) is 1. The molecule has 0 saturated carbocycles. The maximum Gasteiger partial charge on any atom is 0.268 e. The molecule has 0 aliphatic carbocycles. The van der Waals surface area contributed by atoms with Gasteiger partial charge in [0.1, 0.15) is 16.6 Å². The molecular formula is C17H21N5OS. The third-order valence-electron chi connectivity index (χ3n) is 3.71. The van der Waals surface area contributed by atoms with Crippen LogP contribution in [0.25, 0.3) is 6.08 Å². The van der Waals surface area contributed by atoms with E-state index in [1.165, 1.54) is 11.3 Å². The maximum absolute atomic E-state index is 12.3. The number of nitrogens with zero attached hydrogens (tertiary/aromatic N) is 4. The zero-order valence-electron chi connectivity index (χ0n) is 14.4. The van der Waals surface area contributed by atoms with Gasteiger partial charge in [-0.1, -0.05) is 25.2 Å². The van der Waals surface area contributed by atoms with Crippen LogP contribution in [0, 0.1) is 25.2 Å². The lowest BCUT2D eigenvalue weighted by molar-refractivity contribution is -0.112. The molecule has 0 atom stereocenters. The zero-order valence-corrected chi connectivity index (χ0v) is 15.2. The Kier molecular flexibility index (Phi) is 5.88. The molecule has 0 radical (unpaired) electrons. The van der Waals surface area contributed by atoms with Crippen molar-refractivity contribution < 1.29 is 4.79 Å². The summed E-state index contributed by atoms with van der Waals surface area (Å²) in [7, 11) is 0. The van der Waals surface area contributed by atoms with Gasteiger partial charge in [0, 0.05) is 17.9 Å². The molecule has 24 heavy (non-hydrogen) atoms. The standard InChI is InChI=1S/C17H21N5OS/c1-5-7-22-11(3)8-13(12(22)4)9-14(10-18)16(23)19-17-21-20-15(6-2)24-17/h8-9H,5-7H2,1-4H3,(H,19,21,23)/b14-9+. The largest absolute Gasteiger partial charge is 0.349 e. The van der Waals surface area contributed by atoms with Crippen molar-refractivity contribution in [1.29, 1.82) is 5.26 Å². The second-order valence-electron chi connectivity index (χ2n) is 5.46. The van der Waals surface area contributed by atoms with Gasteiger partial charge in [-0.3, -0.25) is 10.1 Å². The number of rotatable bonds is 6. The lowest BCUT2D eigenvalue weighted by Crippen LogP contribution is -2.13. The van der Waals surface area contributed by atoms with E-state index in [9.17, 15) is 10.1 Å². The Morgan fingerprint density at radius 2 is 2.17 bits per heavy atom. The van der Waals surface area contributed by atoms with Crippen LogP contribution < -0.4 is 5.32 Å². The minimum absolute atomic E-state index is 0.0556. The van der Waals surface area contributed by atoms with Gasteiger partial charge < -0.3 is 4.57 Å². The summed E-state index contributed by atoms with van der Waals surface area (Å²) in [5.74, 6) is -0.461. The highest BCUT2D eigenvalue weighted by molar-refractivity contribution is 7.15. The second kappa shape index (κ2) is 7.88. The first-order valence-corrected chi connectivity index (χ1v) is 8.74. The first kappa shape index (κ1) is 17.9. The highest BCUT2D eigenvalue weighted by Gasteiger charge is 2.14. The van der Waals surface area contributed by atoms with Gasteiger partial charge >= 0.3 is 0 Å². The lowest BCUT2D eigenvalue weighted by Gasteiger charge is -2.07. The molecule has 0 fully saturated rings. The van der Waals surface area contributed by atoms with Crippen molar-refractivity contribution in [3.8, 4) is 6.07 Å². The number of anilines is 1. The van der Waals surface area contributed by atoms with E-state index in [1.807, 2.05) is 32.9 Å². The van der Waals surface area contributed by atoms with Gasteiger partial charge in [-0.15, -0.1) is 10.2 Å². The Hall–Kier alpha value is -2.46. The first-order chi connectivity index (χ1) is 11.5. The fourth-order valence-electron chi connectivity index (χ4n) is 2.46. The van der Waals surface area contributed by atoms with Crippen molar-refractivity contribution in [2.75, 3.05) is 5.32 Å². The third-order valence-corrected chi connectivity index (χ3v) is 4.70. The van der Waals surface area contributed by atoms with E-state index < -0.39 is 5.91 Å². The number of hydrogen-bond donors (Lipinski definition) is 1. The molecular weight excluding hydrogens is 322 g/mol. The Bertz CT molecular complexity index is 810. The number of amides is 1. The molecule has 2 aromatic heterocycles. The summed E-state index contributed by atoms with van der Waals surface area (Å²) in [5.41, 5.74) is 3.12. The van der Waals surface area contributed by atoms with Crippen LogP contribution in [0.2, 0.25) is 0 Å². The molecule has 0 saturated heterocycles. The molecule has 0 aliphatic rings. The summed E-state index contributed by atoms with van der Waals surface area (Å²) in [6.45, 7) is 9.04. The normalized spacial score (nSPS) is 11.4. The molecule has 0 spiro atoms. The van der Waals surface area contributed by atoms with E-state index in [0.717, 1.165) is 41.3 Å². The topological polar surface area (TPSA) is 83.6 Å². The third kappa shape index (κ3) is 3.89. The van der Waals surface area contributed by atoms with Crippen molar-refractivity contribution in [2.45, 2.75) is 47.1 Å². The van der Waals surface area contributed by atoms with Gasteiger partial charge in [-0.05, 0) is 44.4 Å². The van der Waals surface area contributed by atoms with E-state index in [-0.39, 0.29) is 5.57 Å². The highest BCUT2D eigenvalue weighted by Crippen LogP contribution is 2.20. The summed E-state index contributed by atoms with van der Waals surface area (Å²) in [6.07, 6.45) is 3.42. The SMILES string of the molecule is CCCn1c(C)cc(/C=C(\C#N)C(=O)Nc2nnc(CC)s2)c1C. The van der Waals surface area contributed by atoms with Gasteiger partial charge in [0.05, 0.1) is 0 Å². The van der Waals surface area contributed by atoms with Crippen LogP contribution in [0.3, 0.4) is 0 Å². The predicted octanol–water partition coefficient (Wildman–Crippen LogP) is 3.47. The van der Waals surface area contributed by atoms with Gasteiger partial charge in [-0.25, -0.2) is 0 Å². The molecule has 126 valence electrons.